The molecule has 15 aromatic rings. The largest absolute Gasteiger partial charge is 0.456 e. The number of anilines is 6. The SMILES string of the molecule is CC(C)(C)c1ccc2c(c1)-c1ccccc1Oc1ccccc1-c1cc(C(C)(C)C)cc3c1N2c1cc(-n2c4ccccc4c4ccccc42)cc2c1B3c1ccc(-n3c4ccccc4c4ccccc43)cc1N2c1c(-c2ccccc2)cc(C(C)(C)C)cc1-c1ccccc1. The Bertz CT molecular complexity index is 5550. The number of fused-ring (bicyclic) bond motifs is 16. The first kappa shape index (κ1) is 57.6. The van der Waals surface area contributed by atoms with Gasteiger partial charge in [-0.15, -0.1) is 0 Å². The molecule has 0 atom stereocenters. The number of rotatable bonds is 5. The van der Waals surface area contributed by atoms with E-state index in [-0.39, 0.29) is 23.0 Å². The van der Waals surface area contributed by atoms with E-state index in [9.17, 15) is 0 Å². The molecule has 0 N–H and O–H groups in total. The smallest absolute Gasteiger partial charge is 0.252 e. The third kappa shape index (κ3) is 8.84. The summed E-state index contributed by atoms with van der Waals surface area (Å²) in [6.45, 7) is 20.9. The van der Waals surface area contributed by atoms with E-state index in [4.69, 9.17) is 4.74 Å². The molecule has 2 aromatic heterocycles. The number of nitrogens with zero attached hydrogens (tertiary/aromatic N) is 4. The summed E-state index contributed by atoms with van der Waals surface area (Å²) in [6.07, 6.45) is 0. The number of benzene rings is 13. The fraction of sp³-hybridized carbons (Fsp3) is 0.133. The molecule has 0 saturated heterocycles. The second-order valence-electron chi connectivity index (χ2n) is 29.7. The second-order valence-corrected chi connectivity index (χ2v) is 29.7. The van der Waals surface area contributed by atoms with E-state index in [1.807, 2.05) is 0 Å². The van der Waals surface area contributed by atoms with Crippen LogP contribution in [0.5, 0.6) is 11.5 Å². The van der Waals surface area contributed by atoms with Crippen LogP contribution in [-0.2, 0) is 16.2 Å². The lowest BCUT2D eigenvalue weighted by molar-refractivity contribution is 0.486. The van der Waals surface area contributed by atoms with Crippen molar-refractivity contribution in [3.05, 3.63) is 296 Å². The lowest BCUT2D eigenvalue weighted by Gasteiger charge is -2.47. The fourth-order valence-corrected chi connectivity index (χ4v) is 16.0. The monoisotopic (exact) mass is 1240 g/mol. The molecular weight excluding hydrogens is 1160 g/mol. The molecule has 6 heteroatoms. The molecule has 462 valence electrons. The van der Waals surface area contributed by atoms with Gasteiger partial charge in [-0.3, -0.25) is 0 Å². The van der Waals surface area contributed by atoms with E-state index in [0.29, 0.717) is 0 Å². The Kier molecular flexibility index (Phi) is 12.7. The summed E-state index contributed by atoms with van der Waals surface area (Å²) in [6, 6.07) is 106. The van der Waals surface area contributed by atoms with E-state index in [1.165, 1.54) is 54.6 Å². The average Bonchev–Trinajstić information content (AvgIpc) is 0.740. The third-order valence-corrected chi connectivity index (χ3v) is 20.7. The molecule has 5 nitrogen and oxygen atoms in total. The van der Waals surface area contributed by atoms with Gasteiger partial charge in [0.1, 0.15) is 11.5 Å². The third-order valence-electron chi connectivity index (χ3n) is 20.7. The number of ether oxygens (including phenoxy) is 1. The molecule has 3 aliphatic heterocycles. The minimum absolute atomic E-state index is 0.169. The van der Waals surface area contributed by atoms with Crippen molar-refractivity contribution in [3.8, 4) is 67.4 Å². The summed E-state index contributed by atoms with van der Waals surface area (Å²) in [4.78, 5) is 5.42. The highest BCUT2D eigenvalue weighted by Gasteiger charge is 2.47. The van der Waals surface area contributed by atoms with E-state index < -0.39 is 0 Å². The average molecular weight is 1240 g/mol. The fourth-order valence-electron chi connectivity index (χ4n) is 16.0. The van der Waals surface area contributed by atoms with Gasteiger partial charge in [0.05, 0.1) is 39.1 Å². The van der Waals surface area contributed by atoms with Crippen LogP contribution in [0.4, 0.5) is 34.1 Å². The molecule has 0 amide bonds. The van der Waals surface area contributed by atoms with Gasteiger partial charge in [0.15, 0.2) is 0 Å². The molecule has 0 saturated carbocycles. The Balaban J connectivity index is 1.08. The lowest BCUT2D eigenvalue weighted by Crippen LogP contribution is -2.61. The van der Waals surface area contributed by atoms with E-state index >= 15 is 0 Å². The van der Waals surface area contributed by atoms with Crippen molar-refractivity contribution in [2.24, 2.45) is 0 Å². The van der Waals surface area contributed by atoms with Crippen LogP contribution in [-0.4, -0.2) is 15.8 Å². The number of para-hydroxylation sites is 6. The Morgan fingerprint density at radius 3 is 1.20 bits per heavy atom. The van der Waals surface area contributed by atoms with Gasteiger partial charge in [-0.25, -0.2) is 0 Å². The Morgan fingerprint density at radius 1 is 0.281 bits per heavy atom. The Hall–Kier alpha value is -11.1. The quantitative estimate of drug-likeness (QED) is 0.161. The van der Waals surface area contributed by atoms with E-state index in [2.05, 4.69) is 360 Å². The summed E-state index contributed by atoms with van der Waals surface area (Å²) >= 11 is 0. The maximum absolute atomic E-state index is 7.43. The summed E-state index contributed by atoms with van der Waals surface area (Å²) in [5.74, 6) is 1.62. The zero-order valence-electron chi connectivity index (χ0n) is 55.8. The Labute approximate surface area is 562 Å². The highest BCUT2D eigenvalue weighted by atomic mass is 16.5. The number of aromatic nitrogens is 2. The zero-order chi connectivity index (χ0) is 65.1. The minimum Gasteiger partial charge on any atom is -0.456 e. The van der Waals surface area contributed by atoms with E-state index in [0.717, 1.165) is 124 Å². The molecule has 0 aliphatic carbocycles. The summed E-state index contributed by atoms with van der Waals surface area (Å²) in [5.41, 5.74) is 29.2. The van der Waals surface area contributed by atoms with E-state index in [1.54, 1.807) is 0 Å². The molecule has 0 bridgehead atoms. The standard InChI is InChI=1S/C90H73BN4O/c1-88(2,3)58-44-47-79-71(48-58)67-36-20-26-42-83(67)96-84-43-27-21-37-68(84)72-51-60(90(7,8)9)52-74-87(72)94(79)81-54-62(93-77-40-24-18-34-65(77)66-35-19-25-41-78(66)93)55-82-85(81)91(74)73-46-45-61(92-75-38-22-16-32-63(75)64-33-17-23-39-76(64)92)53-80(73)95(82)86-69(56-28-12-10-13-29-56)49-59(89(4,5)6)50-70(86)57-30-14-11-15-31-57/h10-55H,1-9H3. The van der Waals surface area contributed by atoms with Gasteiger partial charge < -0.3 is 23.7 Å². The van der Waals surface area contributed by atoms with Crippen LogP contribution in [0.25, 0.3) is 99.5 Å². The highest BCUT2D eigenvalue weighted by molar-refractivity contribution is 7.00. The van der Waals surface area contributed by atoms with Crippen LogP contribution >= 0.6 is 0 Å². The van der Waals surface area contributed by atoms with Gasteiger partial charge in [0.2, 0.25) is 0 Å². The molecule has 5 heterocycles. The number of hydrogen-bond acceptors (Lipinski definition) is 3. The zero-order valence-corrected chi connectivity index (χ0v) is 55.8. The second kappa shape index (κ2) is 21.2. The van der Waals surface area contributed by atoms with Crippen LogP contribution in [0, 0.1) is 0 Å². The summed E-state index contributed by atoms with van der Waals surface area (Å²) in [5, 5.41) is 4.87. The normalized spacial score (nSPS) is 13.3. The van der Waals surface area contributed by atoms with Crippen LogP contribution in [0.3, 0.4) is 0 Å². The van der Waals surface area contributed by atoms with Gasteiger partial charge >= 0.3 is 0 Å². The maximum Gasteiger partial charge on any atom is 0.252 e. The molecule has 3 aliphatic rings. The predicted octanol–water partition coefficient (Wildman–Crippen LogP) is 22.6. The number of hydrogen-bond donors (Lipinski definition) is 0. The van der Waals surface area contributed by atoms with Crippen LogP contribution in [0.1, 0.15) is 79.0 Å². The molecule has 18 rings (SSSR count). The first-order valence-corrected chi connectivity index (χ1v) is 33.9. The molecule has 96 heavy (non-hydrogen) atoms. The van der Waals surface area contributed by atoms with Crippen molar-refractivity contribution < 1.29 is 4.74 Å². The van der Waals surface area contributed by atoms with Gasteiger partial charge in [0, 0.05) is 83.4 Å². The van der Waals surface area contributed by atoms with Crippen LogP contribution in [0.15, 0.2) is 279 Å². The summed E-state index contributed by atoms with van der Waals surface area (Å²) in [7, 11) is 0. The molecular formula is C90H73BN4O. The van der Waals surface area contributed by atoms with Gasteiger partial charge in [-0.2, -0.15) is 0 Å². The molecule has 0 radical (unpaired) electrons. The lowest BCUT2D eigenvalue weighted by atomic mass is 9.33. The molecule has 0 spiro atoms. The molecule has 13 aromatic carbocycles. The maximum atomic E-state index is 7.43. The van der Waals surface area contributed by atoms with Crippen molar-refractivity contribution >= 4 is 101 Å². The highest BCUT2D eigenvalue weighted by Crippen LogP contribution is 2.57. The van der Waals surface area contributed by atoms with Gasteiger partial charge in [0.25, 0.3) is 6.71 Å². The van der Waals surface area contributed by atoms with Crippen LogP contribution < -0.4 is 30.9 Å². The minimum atomic E-state index is -0.275. The molecule has 0 unspecified atom stereocenters. The predicted molar refractivity (Wildman–Crippen MR) is 407 cm³/mol. The van der Waals surface area contributed by atoms with Crippen molar-refractivity contribution in [1.82, 2.24) is 9.13 Å². The first-order chi connectivity index (χ1) is 46.5. The van der Waals surface area contributed by atoms with Crippen molar-refractivity contribution in [2.75, 3.05) is 9.80 Å². The van der Waals surface area contributed by atoms with Crippen molar-refractivity contribution in [1.29, 1.82) is 0 Å². The summed E-state index contributed by atoms with van der Waals surface area (Å²) < 4.78 is 12.5. The van der Waals surface area contributed by atoms with Crippen molar-refractivity contribution in [3.63, 3.8) is 0 Å². The molecule has 0 fully saturated rings. The Morgan fingerprint density at radius 2 is 0.688 bits per heavy atom. The topological polar surface area (TPSA) is 25.6 Å². The van der Waals surface area contributed by atoms with Gasteiger partial charge in [-0.05, 0) is 151 Å². The van der Waals surface area contributed by atoms with Crippen molar-refractivity contribution in [2.45, 2.75) is 78.6 Å². The van der Waals surface area contributed by atoms with Gasteiger partial charge in [-0.1, -0.05) is 250 Å². The first-order valence-electron chi connectivity index (χ1n) is 33.9. The van der Waals surface area contributed by atoms with Crippen LogP contribution in [0.2, 0.25) is 0 Å².